The monoisotopic (exact) mass is 299 g/mol. The minimum atomic E-state index is -0.539. The predicted molar refractivity (Wildman–Crippen MR) is 83.3 cm³/mol. The van der Waals surface area contributed by atoms with Crippen molar-refractivity contribution < 1.29 is 10.0 Å². The normalized spacial score (nSPS) is 19.3. The van der Waals surface area contributed by atoms with E-state index in [0.717, 1.165) is 26.2 Å². The minimum Gasteiger partial charge on any atom is -0.409 e. The van der Waals surface area contributed by atoms with Crippen LogP contribution >= 0.6 is 0 Å². The summed E-state index contributed by atoms with van der Waals surface area (Å²) in [4.78, 5) is 18.9. The van der Waals surface area contributed by atoms with E-state index < -0.39 is 5.92 Å². The molecule has 3 N–H and O–H groups in total. The van der Waals surface area contributed by atoms with Crippen molar-refractivity contribution in [1.82, 2.24) is 14.7 Å². The molecule has 1 amide bonds. The van der Waals surface area contributed by atoms with Gasteiger partial charge in [-0.05, 0) is 20.0 Å². The number of carbonyl (C=O) groups is 1. The van der Waals surface area contributed by atoms with Gasteiger partial charge >= 0.3 is 0 Å². The number of hydrogen-bond acceptors (Lipinski definition) is 5. The lowest BCUT2D eigenvalue weighted by Crippen LogP contribution is -2.53. The van der Waals surface area contributed by atoms with Gasteiger partial charge in [0, 0.05) is 39.3 Å². The third-order valence-corrected chi connectivity index (χ3v) is 3.91. The average Bonchev–Trinajstić information content (AvgIpc) is 2.45. The van der Waals surface area contributed by atoms with Gasteiger partial charge in [-0.3, -0.25) is 9.69 Å². The molecule has 1 saturated heterocycles. The number of carbonyl (C=O) groups excluding carboxylic acids is 1. The number of nitrogens with zero attached hydrogens (tertiary/aromatic N) is 4. The summed E-state index contributed by atoms with van der Waals surface area (Å²) >= 11 is 0. The SMILES string of the molecule is CC(C)C(C(=O)N1CCN(CCN(C)C)CC1)C(N)=NO. The summed E-state index contributed by atoms with van der Waals surface area (Å²) < 4.78 is 0. The highest BCUT2D eigenvalue weighted by atomic mass is 16.4. The van der Waals surface area contributed by atoms with Crippen molar-refractivity contribution in [3.05, 3.63) is 0 Å². The van der Waals surface area contributed by atoms with Crippen molar-refractivity contribution >= 4 is 11.7 Å². The summed E-state index contributed by atoms with van der Waals surface area (Å²) in [6.07, 6.45) is 0. The van der Waals surface area contributed by atoms with Crippen LogP contribution in [0.5, 0.6) is 0 Å². The maximum absolute atomic E-state index is 12.5. The molecule has 21 heavy (non-hydrogen) atoms. The number of hydrogen-bond donors (Lipinski definition) is 2. The molecule has 0 aromatic heterocycles. The molecular weight excluding hydrogens is 270 g/mol. The number of oxime groups is 1. The Kier molecular flexibility index (Phi) is 6.91. The summed E-state index contributed by atoms with van der Waals surface area (Å²) in [6.45, 7) is 9.01. The molecule has 0 spiro atoms. The number of amidine groups is 1. The van der Waals surface area contributed by atoms with E-state index in [9.17, 15) is 4.79 Å². The molecule has 1 heterocycles. The van der Waals surface area contributed by atoms with E-state index in [0.29, 0.717) is 13.1 Å². The Morgan fingerprint density at radius 1 is 1.29 bits per heavy atom. The van der Waals surface area contributed by atoms with E-state index in [1.54, 1.807) is 0 Å². The zero-order valence-electron chi connectivity index (χ0n) is 13.6. The number of likely N-dealkylation sites (N-methyl/N-ethyl adjacent to an activating group) is 1. The molecule has 7 heteroatoms. The fourth-order valence-corrected chi connectivity index (χ4v) is 2.55. The van der Waals surface area contributed by atoms with Crippen LogP contribution in [-0.4, -0.2) is 85.0 Å². The summed E-state index contributed by atoms with van der Waals surface area (Å²) in [6, 6.07) is 0. The minimum absolute atomic E-state index is 0.00466. The number of amides is 1. The van der Waals surface area contributed by atoms with Gasteiger partial charge in [-0.2, -0.15) is 0 Å². The number of piperazine rings is 1. The van der Waals surface area contributed by atoms with Crippen molar-refractivity contribution in [3.63, 3.8) is 0 Å². The predicted octanol–water partition coefficient (Wildman–Crippen LogP) is -0.289. The highest BCUT2D eigenvalue weighted by Gasteiger charge is 2.32. The van der Waals surface area contributed by atoms with E-state index in [-0.39, 0.29) is 17.7 Å². The van der Waals surface area contributed by atoms with Gasteiger partial charge in [-0.1, -0.05) is 19.0 Å². The summed E-state index contributed by atoms with van der Waals surface area (Å²) in [5, 5.41) is 11.9. The Morgan fingerprint density at radius 3 is 2.29 bits per heavy atom. The molecule has 1 atom stereocenters. The molecule has 1 rings (SSSR count). The standard InChI is InChI=1S/C14H29N5O2/c1-11(2)12(13(15)16-21)14(20)19-9-7-18(8-10-19)6-5-17(3)4/h11-12,21H,5-10H2,1-4H3,(H2,15,16). The molecule has 0 aliphatic carbocycles. The summed E-state index contributed by atoms with van der Waals surface area (Å²) in [5.41, 5.74) is 5.67. The lowest BCUT2D eigenvalue weighted by Gasteiger charge is -2.37. The van der Waals surface area contributed by atoms with Crippen molar-refractivity contribution in [2.45, 2.75) is 13.8 Å². The van der Waals surface area contributed by atoms with E-state index in [1.165, 1.54) is 0 Å². The van der Waals surface area contributed by atoms with Gasteiger partial charge in [0.1, 0.15) is 5.92 Å². The molecule has 122 valence electrons. The fraction of sp³-hybridized carbons (Fsp3) is 0.857. The Balaban J connectivity index is 2.54. The van der Waals surface area contributed by atoms with E-state index in [4.69, 9.17) is 10.9 Å². The van der Waals surface area contributed by atoms with Crippen molar-refractivity contribution in [3.8, 4) is 0 Å². The van der Waals surface area contributed by atoms with Gasteiger partial charge in [-0.15, -0.1) is 0 Å². The first kappa shape index (κ1) is 17.7. The highest BCUT2D eigenvalue weighted by Crippen LogP contribution is 2.16. The van der Waals surface area contributed by atoms with Gasteiger partial charge in [0.05, 0.1) is 0 Å². The van der Waals surface area contributed by atoms with Crippen molar-refractivity contribution in [2.24, 2.45) is 22.7 Å². The number of rotatable bonds is 6. The molecule has 1 unspecified atom stereocenters. The molecule has 0 radical (unpaired) electrons. The third kappa shape index (κ3) is 5.17. The third-order valence-electron chi connectivity index (χ3n) is 3.91. The van der Waals surface area contributed by atoms with Crippen LogP contribution in [0.2, 0.25) is 0 Å². The second kappa shape index (κ2) is 8.19. The van der Waals surface area contributed by atoms with Crippen LogP contribution in [0.4, 0.5) is 0 Å². The summed E-state index contributed by atoms with van der Waals surface area (Å²) in [5.74, 6) is -0.555. The van der Waals surface area contributed by atoms with Crippen LogP contribution in [0, 0.1) is 11.8 Å². The van der Waals surface area contributed by atoms with E-state index in [2.05, 4.69) is 29.1 Å². The van der Waals surface area contributed by atoms with Crippen LogP contribution in [0.25, 0.3) is 0 Å². The molecule has 1 aliphatic rings. The Labute approximate surface area is 127 Å². The maximum Gasteiger partial charge on any atom is 0.233 e. The zero-order chi connectivity index (χ0) is 16.0. The van der Waals surface area contributed by atoms with Gasteiger partial charge in [0.15, 0.2) is 5.84 Å². The number of nitrogens with two attached hydrogens (primary N) is 1. The molecule has 0 aromatic carbocycles. The summed E-state index contributed by atoms with van der Waals surface area (Å²) in [7, 11) is 4.12. The first-order chi connectivity index (χ1) is 9.86. The molecule has 0 aromatic rings. The van der Waals surface area contributed by atoms with Crippen LogP contribution < -0.4 is 5.73 Å². The highest BCUT2D eigenvalue weighted by molar-refractivity contribution is 6.02. The first-order valence-electron chi connectivity index (χ1n) is 7.50. The van der Waals surface area contributed by atoms with Gasteiger partial charge in [-0.25, -0.2) is 0 Å². The van der Waals surface area contributed by atoms with Crippen molar-refractivity contribution in [1.29, 1.82) is 0 Å². The average molecular weight is 299 g/mol. The second-order valence-corrected chi connectivity index (χ2v) is 6.22. The van der Waals surface area contributed by atoms with E-state index >= 15 is 0 Å². The quantitative estimate of drug-likeness (QED) is 0.305. The Bertz CT molecular complexity index is 362. The van der Waals surface area contributed by atoms with Crippen LogP contribution in [-0.2, 0) is 4.79 Å². The smallest absolute Gasteiger partial charge is 0.233 e. The molecule has 0 bridgehead atoms. The van der Waals surface area contributed by atoms with E-state index in [1.807, 2.05) is 18.7 Å². The van der Waals surface area contributed by atoms with Crippen LogP contribution in [0.1, 0.15) is 13.8 Å². The lowest BCUT2D eigenvalue weighted by atomic mass is 9.93. The molecule has 7 nitrogen and oxygen atoms in total. The Morgan fingerprint density at radius 2 is 1.86 bits per heavy atom. The van der Waals surface area contributed by atoms with Gasteiger partial charge < -0.3 is 20.7 Å². The largest absolute Gasteiger partial charge is 0.409 e. The molecule has 1 aliphatic heterocycles. The molecule has 0 saturated carbocycles. The van der Waals surface area contributed by atoms with Crippen LogP contribution in [0.3, 0.4) is 0 Å². The van der Waals surface area contributed by atoms with Gasteiger partial charge in [0.2, 0.25) is 5.91 Å². The van der Waals surface area contributed by atoms with Gasteiger partial charge in [0.25, 0.3) is 0 Å². The zero-order valence-corrected chi connectivity index (χ0v) is 13.6. The Hall–Kier alpha value is -1.34. The molecular formula is C14H29N5O2. The topological polar surface area (TPSA) is 85.4 Å². The second-order valence-electron chi connectivity index (χ2n) is 6.22. The first-order valence-corrected chi connectivity index (χ1v) is 7.50. The fourth-order valence-electron chi connectivity index (χ4n) is 2.55. The molecule has 1 fully saturated rings. The van der Waals surface area contributed by atoms with Crippen LogP contribution in [0.15, 0.2) is 5.16 Å². The lowest BCUT2D eigenvalue weighted by molar-refractivity contribution is -0.136. The van der Waals surface area contributed by atoms with Crippen molar-refractivity contribution in [2.75, 3.05) is 53.4 Å². The maximum atomic E-state index is 12.5.